The molecule has 0 aromatic heterocycles. The fourth-order valence-corrected chi connectivity index (χ4v) is 1.77. The molecule has 112 valence electrons. The molecule has 0 saturated heterocycles. The van der Waals surface area contributed by atoms with Gasteiger partial charge in [0, 0.05) is 0 Å². The summed E-state index contributed by atoms with van der Waals surface area (Å²) in [5.41, 5.74) is 2.38. The molecule has 0 bridgehead atoms. The highest BCUT2D eigenvalue weighted by Gasteiger charge is 1.97. The van der Waals surface area contributed by atoms with Crippen LogP contribution in [0.4, 0.5) is 0 Å². The second-order valence-corrected chi connectivity index (χ2v) is 5.10. The van der Waals surface area contributed by atoms with Crippen LogP contribution in [-0.2, 0) is 0 Å². The van der Waals surface area contributed by atoms with Crippen molar-refractivity contribution in [2.45, 2.75) is 13.8 Å². The van der Waals surface area contributed by atoms with Crippen LogP contribution in [0.2, 0.25) is 0 Å². The van der Waals surface area contributed by atoms with E-state index >= 15 is 0 Å². The molecule has 22 heavy (non-hydrogen) atoms. The van der Waals surface area contributed by atoms with Crippen molar-refractivity contribution in [3.8, 4) is 11.5 Å². The maximum absolute atomic E-state index is 5.61. The average Bonchev–Trinajstić information content (AvgIpc) is 2.50. The summed E-state index contributed by atoms with van der Waals surface area (Å²) in [5, 5.41) is 0. The average molecular weight is 292 g/mol. The first kappa shape index (κ1) is 15.6. The predicted octanol–water partition coefficient (Wildman–Crippen LogP) is 5.34. The van der Waals surface area contributed by atoms with Crippen molar-refractivity contribution < 1.29 is 9.47 Å². The summed E-state index contributed by atoms with van der Waals surface area (Å²) in [6.07, 6.45) is 3.47. The maximum atomic E-state index is 5.61. The number of hydrogen-bond donors (Lipinski definition) is 0. The minimum atomic E-state index is 0.525. The first-order valence-corrected chi connectivity index (χ1v) is 7.08. The van der Waals surface area contributed by atoms with E-state index < -0.39 is 0 Å². The highest BCUT2D eigenvalue weighted by atomic mass is 16.5. The van der Waals surface area contributed by atoms with E-state index in [4.69, 9.17) is 9.47 Å². The van der Waals surface area contributed by atoms with Crippen LogP contribution in [0.5, 0.6) is 11.5 Å². The van der Waals surface area contributed by atoms with Crippen LogP contribution in [0.1, 0.15) is 11.1 Å². The molecule has 0 spiro atoms. The lowest BCUT2D eigenvalue weighted by molar-refractivity contribution is 0.437. The van der Waals surface area contributed by atoms with E-state index in [1.54, 1.807) is 12.2 Å². The molecule has 0 radical (unpaired) electrons. The van der Waals surface area contributed by atoms with Crippen molar-refractivity contribution in [2.75, 3.05) is 0 Å². The van der Waals surface area contributed by atoms with Gasteiger partial charge < -0.3 is 9.47 Å². The molecule has 0 aliphatic rings. The van der Waals surface area contributed by atoms with Gasteiger partial charge in [-0.15, -0.1) is 0 Å². The van der Waals surface area contributed by atoms with Crippen LogP contribution in [-0.4, -0.2) is 0 Å². The fourth-order valence-electron chi connectivity index (χ4n) is 1.77. The first-order chi connectivity index (χ1) is 10.5. The summed E-state index contributed by atoms with van der Waals surface area (Å²) in [6, 6.07) is 15.6. The summed E-state index contributed by atoms with van der Waals surface area (Å²) in [4.78, 5) is 0. The third kappa shape index (κ3) is 4.98. The molecule has 0 unspecified atom stereocenters. The molecule has 0 amide bonds. The Bertz CT molecular complexity index is 615. The predicted molar refractivity (Wildman–Crippen MR) is 91.0 cm³/mol. The Morgan fingerprint density at radius 1 is 0.682 bits per heavy atom. The largest absolute Gasteiger partial charge is 0.458 e. The van der Waals surface area contributed by atoms with Gasteiger partial charge in [0.25, 0.3) is 0 Å². The van der Waals surface area contributed by atoms with Crippen LogP contribution in [0.15, 0.2) is 85.4 Å². The van der Waals surface area contributed by atoms with Crippen molar-refractivity contribution in [1.82, 2.24) is 0 Å². The molecule has 0 N–H and O–H groups in total. The molecular formula is C20H20O2. The van der Waals surface area contributed by atoms with E-state index in [1.165, 1.54) is 11.1 Å². The van der Waals surface area contributed by atoms with Gasteiger partial charge in [-0.05, 0) is 50.3 Å². The van der Waals surface area contributed by atoms with Crippen LogP contribution in [0.3, 0.4) is 0 Å². The van der Waals surface area contributed by atoms with Gasteiger partial charge in [-0.25, -0.2) is 0 Å². The van der Waals surface area contributed by atoms with Gasteiger partial charge in [-0.2, -0.15) is 0 Å². The molecule has 0 saturated carbocycles. The van der Waals surface area contributed by atoms with E-state index in [1.807, 2.05) is 62.4 Å². The lowest BCUT2D eigenvalue weighted by Gasteiger charge is -2.07. The number of benzene rings is 2. The Morgan fingerprint density at radius 3 is 1.32 bits per heavy atom. The molecular weight excluding hydrogens is 272 g/mol. The van der Waals surface area contributed by atoms with Gasteiger partial charge >= 0.3 is 0 Å². The van der Waals surface area contributed by atoms with Crippen molar-refractivity contribution in [3.63, 3.8) is 0 Å². The van der Waals surface area contributed by atoms with Crippen LogP contribution < -0.4 is 9.47 Å². The quantitative estimate of drug-likeness (QED) is 0.528. The van der Waals surface area contributed by atoms with E-state index in [0.717, 1.165) is 11.5 Å². The van der Waals surface area contributed by atoms with Gasteiger partial charge in [-0.1, -0.05) is 48.6 Å². The standard InChI is InChI=1S/C20H20O2/c1-15-5-11-19(12-6-15)21-17(3)9-10-18(4)22-20-13-7-16(2)8-14-20/h5-14H,3-4H2,1-2H3/b10-9-. The highest BCUT2D eigenvalue weighted by molar-refractivity contribution is 5.32. The number of hydrogen-bond acceptors (Lipinski definition) is 2. The van der Waals surface area contributed by atoms with Crippen LogP contribution >= 0.6 is 0 Å². The zero-order chi connectivity index (χ0) is 15.9. The number of aryl methyl sites for hydroxylation is 2. The normalized spacial score (nSPS) is 10.5. The summed E-state index contributed by atoms with van der Waals surface area (Å²) >= 11 is 0. The van der Waals surface area contributed by atoms with Gasteiger partial charge in [0.2, 0.25) is 0 Å². The van der Waals surface area contributed by atoms with Gasteiger partial charge in [0.15, 0.2) is 0 Å². The number of ether oxygens (including phenoxy) is 2. The molecule has 0 fully saturated rings. The maximum Gasteiger partial charge on any atom is 0.127 e. The van der Waals surface area contributed by atoms with Gasteiger partial charge in [-0.3, -0.25) is 0 Å². The van der Waals surface area contributed by atoms with Crippen molar-refractivity contribution in [1.29, 1.82) is 0 Å². The fraction of sp³-hybridized carbons (Fsp3) is 0.100. The third-order valence-corrected chi connectivity index (χ3v) is 2.99. The Morgan fingerprint density at radius 2 is 1.00 bits per heavy atom. The minimum absolute atomic E-state index is 0.525. The van der Waals surface area contributed by atoms with E-state index in [0.29, 0.717) is 11.5 Å². The third-order valence-electron chi connectivity index (χ3n) is 2.99. The molecule has 0 aliphatic heterocycles. The summed E-state index contributed by atoms with van der Waals surface area (Å²) in [6.45, 7) is 11.8. The zero-order valence-electron chi connectivity index (χ0n) is 13.0. The van der Waals surface area contributed by atoms with E-state index in [9.17, 15) is 0 Å². The summed E-state index contributed by atoms with van der Waals surface area (Å²) in [7, 11) is 0. The zero-order valence-corrected chi connectivity index (χ0v) is 13.0. The Labute approximate surface area is 132 Å². The Kier molecular flexibility index (Phi) is 5.21. The second-order valence-electron chi connectivity index (χ2n) is 5.10. The SMILES string of the molecule is C=C(/C=C\C(=C)Oc1ccc(C)cc1)Oc1ccc(C)cc1. The lowest BCUT2D eigenvalue weighted by atomic mass is 10.2. The Hall–Kier alpha value is -2.74. The van der Waals surface area contributed by atoms with E-state index in [2.05, 4.69) is 13.2 Å². The second kappa shape index (κ2) is 7.32. The van der Waals surface area contributed by atoms with Crippen LogP contribution in [0.25, 0.3) is 0 Å². The van der Waals surface area contributed by atoms with Crippen molar-refractivity contribution >= 4 is 0 Å². The molecule has 2 aromatic rings. The first-order valence-electron chi connectivity index (χ1n) is 7.08. The lowest BCUT2D eigenvalue weighted by Crippen LogP contribution is -1.93. The molecule has 0 atom stereocenters. The molecule has 2 rings (SSSR count). The molecule has 2 heteroatoms. The molecule has 2 aromatic carbocycles. The smallest absolute Gasteiger partial charge is 0.127 e. The summed E-state index contributed by atoms with van der Waals surface area (Å²) in [5.74, 6) is 2.56. The summed E-state index contributed by atoms with van der Waals surface area (Å²) < 4.78 is 11.2. The van der Waals surface area contributed by atoms with Gasteiger partial charge in [0.1, 0.15) is 23.0 Å². The minimum Gasteiger partial charge on any atom is -0.458 e. The monoisotopic (exact) mass is 292 g/mol. The van der Waals surface area contributed by atoms with Crippen molar-refractivity contribution in [2.24, 2.45) is 0 Å². The van der Waals surface area contributed by atoms with E-state index in [-0.39, 0.29) is 0 Å². The molecule has 0 aliphatic carbocycles. The van der Waals surface area contributed by atoms with Crippen molar-refractivity contribution in [3.05, 3.63) is 96.5 Å². The highest BCUT2D eigenvalue weighted by Crippen LogP contribution is 2.17. The van der Waals surface area contributed by atoms with Crippen LogP contribution in [0, 0.1) is 13.8 Å². The van der Waals surface area contributed by atoms with Gasteiger partial charge in [0.05, 0.1) is 0 Å². The topological polar surface area (TPSA) is 18.5 Å². The number of allylic oxidation sites excluding steroid dienone is 2. The number of rotatable bonds is 6. The molecule has 2 nitrogen and oxygen atoms in total. The Balaban J connectivity index is 1.87. The molecule has 0 heterocycles.